The van der Waals surface area contributed by atoms with Gasteiger partial charge in [0.1, 0.15) is 0 Å². The van der Waals surface area contributed by atoms with E-state index in [-0.39, 0.29) is 5.97 Å². The van der Waals surface area contributed by atoms with Gasteiger partial charge in [-0.25, -0.2) is 0 Å². The average Bonchev–Trinajstić information content (AvgIpc) is 2.38. The van der Waals surface area contributed by atoms with Gasteiger partial charge < -0.3 is 10.1 Å². The molecule has 1 aromatic rings. The van der Waals surface area contributed by atoms with Crippen molar-refractivity contribution in [3.63, 3.8) is 0 Å². The minimum atomic E-state index is -0.0885. The van der Waals surface area contributed by atoms with Gasteiger partial charge in [0.2, 0.25) is 0 Å². The lowest BCUT2D eigenvalue weighted by Gasteiger charge is -2.05. The number of esters is 1. The maximum Gasteiger partial charge on any atom is 0.305 e. The van der Waals surface area contributed by atoms with Crippen LogP contribution in [0.15, 0.2) is 24.3 Å². The van der Waals surface area contributed by atoms with Crippen molar-refractivity contribution in [2.75, 3.05) is 13.2 Å². The molecule has 1 N–H and O–H groups in total. The van der Waals surface area contributed by atoms with Crippen molar-refractivity contribution in [3.8, 4) is 0 Å². The predicted molar refractivity (Wildman–Crippen MR) is 78.3 cm³/mol. The highest BCUT2D eigenvalue weighted by Crippen LogP contribution is 2.10. The summed E-state index contributed by atoms with van der Waals surface area (Å²) < 4.78 is 4.87. The molecule has 0 aliphatic carbocycles. The van der Waals surface area contributed by atoms with Crippen LogP contribution in [0.5, 0.6) is 0 Å². The van der Waals surface area contributed by atoms with E-state index in [2.05, 4.69) is 11.4 Å². The Bertz CT molecular complexity index is 382. The number of rotatable bonds is 9. The van der Waals surface area contributed by atoms with Gasteiger partial charge in [-0.1, -0.05) is 30.2 Å². The zero-order valence-corrected chi connectivity index (χ0v) is 12.2. The number of unbranched alkanes of at least 4 members (excludes halogenated alkanes) is 2. The normalized spacial score (nSPS) is 10.4. The van der Waals surface area contributed by atoms with Crippen LogP contribution in [0, 0.1) is 0 Å². The standard InChI is InChI=1S/C15H22ClNO2/c1-2-19-15(18)9-4-3-5-10-17-12-13-7-6-8-14(16)11-13/h6-8,11,17H,2-5,9-10,12H2,1H3. The van der Waals surface area contributed by atoms with Crippen LogP contribution < -0.4 is 5.32 Å². The lowest BCUT2D eigenvalue weighted by atomic mass is 10.2. The lowest BCUT2D eigenvalue weighted by molar-refractivity contribution is -0.143. The molecule has 0 spiro atoms. The van der Waals surface area contributed by atoms with Crippen LogP contribution >= 0.6 is 11.6 Å². The van der Waals surface area contributed by atoms with Crippen molar-refractivity contribution in [1.82, 2.24) is 5.32 Å². The number of ether oxygens (including phenoxy) is 1. The van der Waals surface area contributed by atoms with E-state index < -0.39 is 0 Å². The van der Waals surface area contributed by atoms with Gasteiger partial charge in [0.25, 0.3) is 0 Å². The summed E-state index contributed by atoms with van der Waals surface area (Å²) in [5, 5.41) is 4.14. The fourth-order valence-corrected chi connectivity index (χ4v) is 2.02. The molecule has 0 heterocycles. The third-order valence-corrected chi connectivity index (χ3v) is 2.99. The molecule has 0 saturated carbocycles. The zero-order chi connectivity index (χ0) is 13.9. The van der Waals surface area contributed by atoms with Crippen molar-refractivity contribution in [2.45, 2.75) is 39.2 Å². The van der Waals surface area contributed by atoms with E-state index in [1.54, 1.807) is 0 Å². The first kappa shape index (κ1) is 16.0. The zero-order valence-electron chi connectivity index (χ0n) is 11.5. The molecular formula is C15H22ClNO2. The first-order valence-corrected chi connectivity index (χ1v) is 7.21. The molecule has 1 rings (SSSR count). The second kappa shape index (κ2) is 9.82. The van der Waals surface area contributed by atoms with Crippen molar-refractivity contribution in [1.29, 1.82) is 0 Å². The second-order valence-corrected chi connectivity index (χ2v) is 4.86. The number of hydrogen-bond acceptors (Lipinski definition) is 3. The van der Waals surface area contributed by atoms with E-state index in [4.69, 9.17) is 16.3 Å². The first-order valence-electron chi connectivity index (χ1n) is 6.83. The topological polar surface area (TPSA) is 38.3 Å². The molecule has 0 unspecified atom stereocenters. The molecule has 0 bridgehead atoms. The Kier molecular flexibility index (Phi) is 8.26. The predicted octanol–water partition coefficient (Wildman–Crippen LogP) is 3.55. The maximum atomic E-state index is 11.1. The van der Waals surface area contributed by atoms with Crippen LogP contribution in [0.2, 0.25) is 5.02 Å². The van der Waals surface area contributed by atoms with E-state index in [1.165, 1.54) is 5.56 Å². The summed E-state index contributed by atoms with van der Waals surface area (Å²) in [5.41, 5.74) is 1.19. The second-order valence-electron chi connectivity index (χ2n) is 4.42. The number of benzene rings is 1. The number of carbonyl (C=O) groups is 1. The van der Waals surface area contributed by atoms with Gasteiger partial charge in [-0.05, 0) is 44.0 Å². The fraction of sp³-hybridized carbons (Fsp3) is 0.533. The summed E-state index contributed by atoms with van der Waals surface area (Å²) in [6.45, 7) is 4.09. The van der Waals surface area contributed by atoms with E-state index >= 15 is 0 Å². The van der Waals surface area contributed by atoms with Crippen LogP contribution in [0.3, 0.4) is 0 Å². The van der Waals surface area contributed by atoms with Crippen LogP contribution in [0.25, 0.3) is 0 Å². The minimum Gasteiger partial charge on any atom is -0.466 e. The molecule has 4 heteroatoms. The highest BCUT2D eigenvalue weighted by Gasteiger charge is 2.00. The molecule has 0 saturated heterocycles. The molecule has 19 heavy (non-hydrogen) atoms. The summed E-state index contributed by atoms with van der Waals surface area (Å²) in [7, 11) is 0. The summed E-state index contributed by atoms with van der Waals surface area (Å²) in [4.78, 5) is 11.1. The van der Waals surface area contributed by atoms with Crippen LogP contribution in [-0.2, 0) is 16.1 Å². The van der Waals surface area contributed by atoms with Crippen molar-refractivity contribution in [2.24, 2.45) is 0 Å². The molecule has 0 radical (unpaired) electrons. The van der Waals surface area contributed by atoms with Gasteiger partial charge in [0.05, 0.1) is 6.61 Å². The number of nitrogens with one attached hydrogen (secondary N) is 1. The largest absolute Gasteiger partial charge is 0.466 e. The highest BCUT2D eigenvalue weighted by atomic mass is 35.5. The molecule has 106 valence electrons. The van der Waals surface area contributed by atoms with Gasteiger partial charge in [0, 0.05) is 18.0 Å². The van der Waals surface area contributed by atoms with Crippen LogP contribution in [0.1, 0.15) is 38.2 Å². The molecule has 0 amide bonds. The Hall–Kier alpha value is -1.06. The van der Waals surface area contributed by atoms with E-state index in [9.17, 15) is 4.79 Å². The summed E-state index contributed by atoms with van der Waals surface area (Å²) in [5.74, 6) is -0.0885. The third kappa shape index (κ3) is 7.85. The Labute approximate surface area is 120 Å². The molecule has 0 aliphatic heterocycles. The molecule has 0 atom stereocenters. The molecule has 1 aromatic carbocycles. The van der Waals surface area contributed by atoms with Gasteiger partial charge in [-0.2, -0.15) is 0 Å². The molecular weight excluding hydrogens is 262 g/mol. The maximum absolute atomic E-state index is 11.1. The summed E-state index contributed by atoms with van der Waals surface area (Å²) >= 11 is 5.91. The van der Waals surface area contributed by atoms with Gasteiger partial charge in [0.15, 0.2) is 0 Å². The first-order chi connectivity index (χ1) is 9.22. The Morgan fingerprint density at radius 2 is 2.16 bits per heavy atom. The highest BCUT2D eigenvalue weighted by molar-refractivity contribution is 6.30. The Morgan fingerprint density at radius 1 is 1.32 bits per heavy atom. The third-order valence-electron chi connectivity index (χ3n) is 2.76. The minimum absolute atomic E-state index is 0.0885. The van der Waals surface area contributed by atoms with Crippen LogP contribution in [-0.4, -0.2) is 19.1 Å². The molecule has 0 aromatic heterocycles. The van der Waals surface area contributed by atoms with Crippen molar-refractivity contribution >= 4 is 17.6 Å². The monoisotopic (exact) mass is 283 g/mol. The summed E-state index contributed by atoms with van der Waals surface area (Å²) in [6.07, 6.45) is 3.54. The smallest absolute Gasteiger partial charge is 0.305 e. The number of hydrogen-bond donors (Lipinski definition) is 1. The average molecular weight is 284 g/mol. The van der Waals surface area contributed by atoms with Crippen molar-refractivity contribution < 1.29 is 9.53 Å². The molecule has 3 nitrogen and oxygen atoms in total. The fourth-order valence-electron chi connectivity index (χ4n) is 1.81. The quantitative estimate of drug-likeness (QED) is 0.556. The van der Waals surface area contributed by atoms with E-state index in [0.717, 1.165) is 37.4 Å². The summed E-state index contributed by atoms with van der Waals surface area (Å²) in [6, 6.07) is 7.86. The van der Waals surface area contributed by atoms with Gasteiger partial charge >= 0.3 is 5.97 Å². The van der Waals surface area contributed by atoms with Crippen LogP contribution in [0.4, 0.5) is 0 Å². The SMILES string of the molecule is CCOC(=O)CCCCCNCc1cccc(Cl)c1. The van der Waals surface area contributed by atoms with Gasteiger partial charge in [-0.15, -0.1) is 0 Å². The number of carbonyl (C=O) groups excluding carboxylic acids is 1. The Morgan fingerprint density at radius 3 is 2.89 bits per heavy atom. The lowest BCUT2D eigenvalue weighted by Crippen LogP contribution is -2.14. The number of halogens is 1. The molecule has 0 fully saturated rings. The Balaban J connectivity index is 1.98. The van der Waals surface area contributed by atoms with E-state index in [0.29, 0.717) is 13.0 Å². The van der Waals surface area contributed by atoms with Gasteiger partial charge in [-0.3, -0.25) is 4.79 Å². The van der Waals surface area contributed by atoms with Crippen molar-refractivity contribution in [3.05, 3.63) is 34.9 Å². The molecule has 0 aliphatic rings. The van der Waals surface area contributed by atoms with E-state index in [1.807, 2.05) is 25.1 Å².